The van der Waals surface area contributed by atoms with Crippen LogP contribution in [0.25, 0.3) is 10.8 Å². The van der Waals surface area contributed by atoms with Gasteiger partial charge in [-0.1, -0.05) is 35.9 Å². The van der Waals surface area contributed by atoms with Crippen molar-refractivity contribution in [1.29, 1.82) is 0 Å². The third-order valence-electron chi connectivity index (χ3n) is 5.40. The molecule has 1 fully saturated rings. The Morgan fingerprint density at radius 1 is 0.962 bits per heavy atom. The summed E-state index contributed by atoms with van der Waals surface area (Å²) in [7, 11) is 0. The quantitative estimate of drug-likeness (QED) is 0.593. The van der Waals surface area contributed by atoms with Gasteiger partial charge in [0.15, 0.2) is 6.10 Å². The van der Waals surface area contributed by atoms with E-state index in [1.54, 1.807) is 12.1 Å². The van der Waals surface area contributed by atoms with Crippen LogP contribution in [0.1, 0.15) is 17.2 Å². The minimum atomic E-state index is -1.27. The van der Waals surface area contributed by atoms with E-state index in [0.29, 0.717) is 22.6 Å². The number of phenols is 1. The normalized spacial score (nSPS) is 26.6. The van der Waals surface area contributed by atoms with Crippen molar-refractivity contribution in [2.24, 2.45) is 0 Å². The second kappa shape index (κ2) is 4.62. The first-order valence-corrected chi connectivity index (χ1v) is 8.73. The van der Waals surface area contributed by atoms with Gasteiger partial charge in [-0.2, -0.15) is 0 Å². The fraction of sp³-hybridized carbons (Fsp3) is 0.200. The van der Waals surface area contributed by atoms with E-state index in [-0.39, 0.29) is 10.8 Å². The van der Waals surface area contributed by atoms with Crippen LogP contribution >= 0.6 is 11.6 Å². The summed E-state index contributed by atoms with van der Waals surface area (Å²) in [5.41, 5.74) is 0.819. The molecule has 1 aliphatic carbocycles. The van der Waals surface area contributed by atoms with Gasteiger partial charge in [-0.15, -0.1) is 0 Å². The summed E-state index contributed by atoms with van der Waals surface area (Å²) in [6.07, 6.45) is -1.98. The second-order valence-corrected chi connectivity index (χ2v) is 7.21. The zero-order chi connectivity index (χ0) is 17.6. The Morgan fingerprint density at radius 2 is 1.65 bits per heavy atom. The van der Waals surface area contributed by atoms with E-state index in [2.05, 4.69) is 0 Å². The lowest BCUT2D eigenvalue weighted by Crippen LogP contribution is -2.50. The molecule has 26 heavy (non-hydrogen) atoms. The summed E-state index contributed by atoms with van der Waals surface area (Å²) in [5.74, 6) is -0.0933. The molecule has 3 aromatic carbocycles. The third kappa shape index (κ3) is 1.63. The summed E-state index contributed by atoms with van der Waals surface area (Å²) in [6, 6.07) is 14.9. The predicted octanol–water partition coefficient (Wildman–Crippen LogP) is 3.64. The molecule has 3 unspecified atom stereocenters. The largest absolute Gasteiger partial charge is 0.506 e. The molecule has 0 saturated carbocycles. The first-order chi connectivity index (χ1) is 12.6. The van der Waals surface area contributed by atoms with Gasteiger partial charge in [0, 0.05) is 11.1 Å². The van der Waals surface area contributed by atoms with E-state index < -0.39 is 24.1 Å². The van der Waals surface area contributed by atoms with Crippen LogP contribution in [0, 0.1) is 0 Å². The highest BCUT2D eigenvalue weighted by Crippen LogP contribution is 2.59. The van der Waals surface area contributed by atoms with Crippen molar-refractivity contribution in [1.82, 2.24) is 0 Å². The first-order valence-electron chi connectivity index (χ1n) is 8.35. The highest BCUT2D eigenvalue weighted by atomic mass is 35.5. The van der Waals surface area contributed by atoms with Gasteiger partial charge in [-0.05, 0) is 29.7 Å². The maximum absolute atomic E-state index is 10.6. The summed E-state index contributed by atoms with van der Waals surface area (Å²) in [5, 5.41) is 23.1. The van der Waals surface area contributed by atoms with Gasteiger partial charge in [0.1, 0.15) is 29.5 Å². The van der Waals surface area contributed by atoms with E-state index in [4.69, 9.17) is 25.8 Å². The number of aromatic hydroxyl groups is 1. The van der Waals surface area contributed by atoms with Crippen LogP contribution in [0.15, 0.2) is 48.5 Å². The Bertz CT molecular complexity index is 1050. The number of halogens is 1. The van der Waals surface area contributed by atoms with Gasteiger partial charge in [0.05, 0.1) is 10.4 Å². The van der Waals surface area contributed by atoms with Gasteiger partial charge in [-0.3, -0.25) is 0 Å². The van der Waals surface area contributed by atoms with Crippen molar-refractivity contribution in [3.63, 3.8) is 0 Å². The molecular formula is C20H13ClO5. The third-order valence-corrected chi connectivity index (χ3v) is 5.71. The SMILES string of the molecule is Oc1c(Cl)ccc2c1C(O)C1OC1C21Oc2cccc3cccc(c23)O1. The topological polar surface area (TPSA) is 71.5 Å². The fourth-order valence-electron chi connectivity index (χ4n) is 4.19. The van der Waals surface area contributed by atoms with E-state index in [1.165, 1.54) is 0 Å². The summed E-state index contributed by atoms with van der Waals surface area (Å²) >= 11 is 6.06. The van der Waals surface area contributed by atoms with Crippen LogP contribution in [0.4, 0.5) is 0 Å². The van der Waals surface area contributed by atoms with Crippen LogP contribution < -0.4 is 9.47 Å². The first kappa shape index (κ1) is 14.7. The molecule has 2 heterocycles. The molecule has 3 atom stereocenters. The van der Waals surface area contributed by atoms with Crippen LogP contribution in [0.5, 0.6) is 17.2 Å². The Kier molecular flexibility index (Phi) is 2.61. The Labute approximate surface area is 153 Å². The molecule has 0 amide bonds. The molecule has 0 aromatic heterocycles. The number of rotatable bonds is 0. The maximum Gasteiger partial charge on any atom is 0.307 e. The van der Waals surface area contributed by atoms with Crippen LogP contribution in [0.2, 0.25) is 5.02 Å². The molecule has 0 bridgehead atoms. The molecule has 3 aromatic rings. The molecule has 6 heteroatoms. The number of fused-ring (bicyclic) bond motifs is 4. The number of hydrogen-bond donors (Lipinski definition) is 2. The van der Waals surface area contributed by atoms with Gasteiger partial charge in [-0.25, -0.2) is 0 Å². The lowest BCUT2D eigenvalue weighted by atomic mass is 9.83. The monoisotopic (exact) mass is 368 g/mol. The molecule has 1 spiro atoms. The van der Waals surface area contributed by atoms with E-state index >= 15 is 0 Å². The van der Waals surface area contributed by atoms with Crippen LogP contribution in [-0.2, 0) is 10.5 Å². The van der Waals surface area contributed by atoms with Gasteiger partial charge >= 0.3 is 5.79 Å². The van der Waals surface area contributed by atoms with Crippen LogP contribution in [-0.4, -0.2) is 22.4 Å². The molecular weight excluding hydrogens is 356 g/mol. The summed E-state index contributed by atoms with van der Waals surface area (Å²) in [6.45, 7) is 0. The maximum atomic E-state index is 10.6. The van der Waals surface area contributed by atoms with Gasteiger partial charge in [0.25, 0.3) is 0 Å². The number of aliphatic hydroxyl groups is 1. The molecule has 3 aliphatic rings. The number of hydrogen-bond acceptors (Lipinski definition) is 5. The minimum Gasteiger partial charge on any atom is -0.506 e. The highest BCUT2D eigenvalue weighted by molar-refractivity contribution is 6.32. The predicted molar refractivity (Wildman–Crippen MR) is 93.6 cm³/mol. The highest BCUT2D eigenvalue weighted by Gasteiger charge is 2.69. The lowest BCUT2D eigenvalue weighted by molar-refractivity contribution is -0.148. The Hall–Kier alpha value is -2.47. The average molecular weight is 369 g/mol. The van der Waals surface area contributed by atoms with Crippen molar-refractivity contribution in [2.75, 3.05) is 0 Å². The van der Waals surface area contributed by atoms with E-state index in [9.17, 15) is 10.2 Å². The number of ether oxygens (including phenoxy) is 3. The minimum absolute atomic E-state index is 0.162. The molecule has 6 rings (SSSR count). The average Bonchev–Trinajstić information content (AvgIpc) is 3.45. The Balaban J connectivity index is 1.63. The van der Waals surface area contributed by atoms with Gasteiger partial charge < -0.3 is 24.4 Å². The van der Waals surface area contributed by atoms with Crippen molar-refractivity contribution in [2.45, 2.75) is 24.1 Å². The Morgan fingerprint density at radius 3 is 2.35 bits per heavy atom. The summed E-state index contributed by atoms with van der Waals surface area (Å²) < 4.78 is 18.4. The number of phenolic OH excluding ortho intramolecular Hbond substituents is 1. The van der Waals surface area contributed by atoms with Crippen molar-refractivity contribution in [3.8, 4) is 17.2 Å². The zero-order valence-corrected chi connectivity index (χ0v) is 14.1. The smallest absolute Gasteiger partial charge is 0.307 e. The van der Waals surface area contributed by atoms with E-state index in [0.717, 1.165) is 10.8 Å². The van der Waals surface area contributed by atoms with Gasteiger partial charge in [0.2, 0.25) is 0 Å². The molecule has 130 valence electrons. The number of aliphatic hydroxyl groups excluding tert-OH is 1. The summed E-state index contributed by atoms with van der Waals surface area (Å²) in [4.78, 5) is 0. The number of benzene rings is 3. The van der Waals surface area contributed by atoms with Crippen molar-refractivity contribution >= 4 is 22.4 Å². The fourth-order valence-corrected chi connectivity index (χ4v) is 4.35. The second-order valence-electron chi connectivity index (χ2n) is 6.81. The molecule has 5 nitrogen and oxygen atoms in total. The number of epoxide rings is 1. The molecule has 1 saturated heterocycles. The van der Waals surface area contributed by atoms with E-state index in [1.807, 2.05) is 36.4 Å². The van der Waals surface area contributed by atoms with Crippen molar-refractivity contribution < 1.29 is 24.4 Å². The lowest BCUT2D eigenvalue weighted by Gasteiger charge is -2.41. The molecule has 2 N–H and O–H groups in total. The zero-order valence-electron chi connectivity index (χ0n) is 13.3. The molecule has 2 aliphatic heterocycles. The standard InChI is InChI=1S/C20H13ClO5/c21-11-8-7-10-15(16(11)22)17(23)18-19(24-18)20(10)25-12-5-1-3-9-4-2-6-13(26-20)14(9)12/h1-8,17-19,22-23H. The molecule has 0 radical (unpaired) electrons. The van der Waals surface area contributed by atoms with Crippen LogP contribution in [0.3, 0.4) is 0 Å². The van der Waals surface area contributed by atoms with Crippen molar-refractivity contribution in [3.05, 3.63) is 64.7 Å².